The van der Waals surface area contributed by atoms with Gasteiger partial charge in [-0.05, 0) is 35.6 Å². The zero-order valence-electron chi connectivity index (χ0n) is 15.0. The molecule has 4 rings (SSSR count). The fourth-order valence-corrected chi connectivity index (χ4v) is 3.71. The molecule has 3 aromatic rings. The number of nitrogens with zero attached hydrogens (tertiary/aromatic N) is 3. The van der Waals surface area contributed by atoms with E-state index in [1.54, 1.807) is 6.92 Å². The van der Waals surface area contributed by atoms with Crippen molar-refractivity contribution < 1.29 is 9.32 Å². The van der Waals surface area contributed by atoms with Crippen LogP contribution in [0.3, 0.4) is 0 Å². The van der Waals surface area contributed by atoms with E-state index in [4.69, 9.17) is 4.52 Å². The Hall–Kier alpha value is -2.95. The Kier molecular flexibility index (Phi) is 4.29. The molecule has 26 heavy (non-hydrogen) atoms. The summed E-state index contributed by atoms with van der Waals surface area (Å²) in [7, 11) is 0. The summed E-state index contributed by atoms with van der Waals surface area (Å²) in [4.78, 5) is 19.2. The number of hydrogen-bond acceptors (Lipinski definition) is 4. The van der Waals surface area contributed by atoms with Gasteiger partial charge in [-0.1, -0.05) is 53.7 Å². The van der Waals surface area contributed by atoms with Gasteiger partial charge in [0.2, 0.25) is 11.8 Å². The van der Waals surface area contributed by atoms with Gasteiger partial charge in [0.25, 0.3) is 0 Å². The van der Waals surface area contributed by atoms with Gasteiger partial charge in [0.05, 0.1) is 12.5 Å². The minimum absolute atomic E-state index is 0.0218. The molecule has 5 heteroatoms. The van der Waals surface area contributed by atoms with Gasteiger partial charge in [-0.15, -0.1) is 0 Å². The number of hydrogen-bond donors (Lipinski definition) is 0. The fourth-order valence-electron chi connectivity index (χ4n) is 3.71. The van der Waals surface area contributed by atoms with Crippen LogP contribution in [0.2, 0.25) is 0 Å². The van der Waals surface area contributed by atoms with Crippen LogP contribution in [-0.4, -0.2) is 27.5 Å². The molecule has 0 spiro atoms. The van der Waals surface area contributed by atoms with Gasteiger partial charge in [0, 0.05) is 13.5 Å². The normalized spacial score (nSPS) is 16.4. The quantitative estimate of drug-likeness (QED) is 0.728. The largest absolute Gasteiger partial charge is 0.340 e. The third kappa shape index (κ3) is 3.01. The Labute approximate surface area is 152 Å². The predicted octanol–water partition coefficient (Wildman–Crippen LogP) is 3.40. The van der Waals surface area contributed by atoms with E-state index in [1.165, 1.54) is 16.7 Å². The monoisotopic (exact) mass is 347 g/mol. The number of aryl methyl sites for hydroxylation is 2. The Morgan fingerprint density at radius 3 is 2.58 bits per heavy atom. The highest BCUT2D eigenvalue weighted by Gasteiger charge is 2.33. The number of fused-ring (bicyclic) bond motifs is 1. The van der Waals surface area contributed by atoms with Crippen molar-refractivity contribution in [2.45, 2.75) is 32.7 Å². The highest BCUT2D eigenvalue weighted by molar-refractivity contribution is 5.79. The second-order valence-corrected chi connectivity index (χ2v) is 6.70. The molecular formula is C21H21N3O2. The van der Waals surface area contributed by atoms with Gasteiger partial charge >= 0.3 is 0 Å². The number of carbonyl (C=O) groups excluding carboxylic acids is 1. The van der Waals surface area contributed by atoms with Crippen molar-refractivity contribution in [3.8, 4) is 0 Å². The van der Waals surface area contributed by atoms with Crippen molar-refractivity contribution in [2.75, 3.05) is 6.54 Å². The molecule has 0 saturated carbocycles. The molecular weight excluding hydrogens is 326 g/mol. The maximum Gasteiger partial charge on any atom is 0.231 e. The van der Waals surface area contributed by atoms with E-state index in [9.17, 15) is 4.79 Å². The van der Waals surface area contributed by atoms with Gasteiger partial charge < -0.3 is 9.42 Å². The van der Waals surface area contributed by atoms with Crippen molar-refractivity contribution in [1.29, 1.82) is 0 Å². The molecule has 1 aromatic heterocycles. The summed E-state index contributed by atoms with van der Waals surface area (Å²) in [6.45, 7) is 4.51. The molecule has 0 N–H and O–H groups in total. The zero-order chi connectivity index (χ0) is 18.1. The zero-order valence-corrected chi connectivity index (χ0v) is 15.0. The Morgan fingerprint density at radius 2 is 1.85 bits per heavy atom. The molecule has 0 fully saturated rings. The lowest BCUT2D eigenvalue weighted by molar-refractivity contribution is -0.132. The van der Waals surface area contributed by atoms with Crippen molar-refractivity contribution in [3.63, 3.8) is 0 Å². The van der Waals surface area contributed by atoms with Crippen LogP contribution in [0.4, 0.5) is 0 Å². The third-order valence-electron chi connectivity index (χ3n) is 4.97. The first-order chi connectivity index (χ1) is 12.6. The van der Waals surface area contributed by atoms with E-state index in [2.05, 4.69) is 47.4 Å². The van der Waals surface area contributed by atoms with Gasteiger partial charge in [-0.2, -0.15) is 4.98 Å². The summed E-state index contributed by atoms with van der Waals surface area (Å²) >= 11 is 0. The molecule has 1 unspecified atom stereocenters. The molecule has 1 aliphatic heterocycles. The summed E-state index contributed by atoms with van der Waals surface area (Å²) in [5, 5.41) is 3.88. The number of amides is 1. The maximum atomic E-state index is 13.1. The molecule has 5 nitrogen and oxygen atoms in total. The van der Waals surface area contributed by atoms with E-state index in [0.29, 0.717) is 18.3 Å². The second kappa shape index (κ2) is 6.75. The van der Waals surface area contributed by atoms with Crippen LogP contribution in [0.15, 0.2) is 53.1 Å². The van der Waals surface area contributed by atoms with Crippen LogP contribution in [-0.2, 0) is 17.6 Å². The summed E-state index contributed by atoms with van der Waals surface area (Å²) in [5.41, 5.74) is 4.85. The van der Waals surface area contributed by atoms with E-state index in [1.807, 2.05) is 23.1 Å². The fraction of sp³-hybridized carbons (Fsp3) is 0.286. The SMILES string of the molecule is Cc1nc(CC(=O)N2CCc3ccccc3C2c2ccccc2C)no1. The average molecular weight is 347 g/mol. The number of carbonyl (C=O) groups is 1. The molecule has 2 aromatic carbocycles. The Bertz CT molecular complexity index is 948. The van der Waals surface area contributed by atoms with Crippen molar-refractivity contribution >= 4 is 5.91 Å². The van der Waals surface area contributed by atoms with Crippen LogP contribution < -0.4 is 0 Å². The first-order valence-corrected chi connectivity index (χ1v) is 8.85. The van der Waals surface area contributed by atoms with Gasteiger partial charge in [0.15, 0.2) is 5.82 Å². The second-order valence-electron chi connectivity index (χ2n) is 6.70. The number of benzene rings is 2. The lowest BCUT2D eigenvalue weighted by atomic mass is 9.86. The minimum atomic E-state index is -0.0818. The molecule has 132 valence electrons. The smallest absolute Gasteiger partial charge is 0.231 e. The molecule has 0 saturated heterocycles. The standard InChI is InChI=1S/C21H21N3O2/c1-14-7-3-5-9-17(14)21-18-10-6-4-8-16(18)11-12-24(21)20(25)13-19-22-15(2)26-23-19/h3-10,21H,11-13H2,1-2H3. The molecule has 2 heterocycles. The number of aromatic nitrogens is 2. The van der Waals surface area contributed by atoms with Gasteiger partial charge in [-0.3, -0.25) is 4.79 Å². The molecule has 0 aliphatic carbocycles. The summed E-state index contributed by atoms with van der Waals surface area (Å²) < 4.78 is 5.01. The van der Waals surface area contributed by atoms with E-state index < -0.39 is 0 Å². The molecule has 1 atom stereocenters. The average Bonchev–Trinajstić information content (AvgIpc) is 3.06. The molecule has 0 radical (unpaired) electrons. The Balaban J connectivity index is 1.73. The van der Waals surface area contributed by atoms with Crippen LogP contribution in [0, 0.1) is 13.8 Å². The summed E-state index contributed by atoms with van der Waals surface area (Å²) in [6, 6.07) is 16.6. The first kappa shape index (κ1) is 16.5. The van der Waals surface area contributed by atoms with E-state index in [-0.39, 0.29) is 18.4 Å². The highest BCUT2D eigenvalue weighted by atomic mass is 16.5. The van der Waals surface area contributed by atoms with Gasteiger partial charge in [0.1, 0.15) is 0 Å². The lowest BCUT2D eigenvalue weighted by Crippen LogP contribution is -2.41. The summed E-state index contributed by atoms with van der Waals surface area (Å²) in [6.07, 6.45) is 1.01. The van der Waals surface area contributed by atoms with Crippen LogP contribution in [0.5, 0.6) is 0 Å². The first-order valence-electron chi connectivity index (χ1n) is 8.85. The van der Waals surface area contributed by atoms with Crippen molar-refractivity contribution in [2.24, 2.45) is 0 Å². The van der Waals surface area contributed by atoms with Crippen molar-refractivity contribution in [3.05, 3.63) is 82.5 Å². The van der Waals surface area contributed by atoms with Gasteiger partial charge in [-0.25, -0.2) is 0 Å². The molecule has 1 amide bonds. The van der Waals surface area contributed by atoms with Crippen LogP contribution in [0.25, 0.3) is 0 Å². The van der Waals surface area contributed by atoms with E-state index in [0.717, 1.165) is 12.0 Å². The lowest BCUT2D eigenvalue weighted by Gasteiger charge is -2.38. The highest BCUT2D eigenvalue weighted by Crippen LogP contribution is 2.36. The molecule has 0 bridgehead atoms. The Morgan fingerprint density at radius 1 is 1.12 bits per heavy atom. The molecule has 1 aliphatic rings. The topological polar surface area (TPSA) is 59.2 Å². The maximum absolute atomic E-state index is 13.1. The van der Waals surface area contributed by atoms with Crippen LogP contribution in [0.1, 0.15) is 40.0 Å². The predicted molar refractivity (Wildman–Crippen MR) is 97.6 cm³/mol. The van der Waals surface area contributed by atoms with Crippen LogP contribution >= 0.6 is 0 Å². The summed E-state index contributed by atoms with van der Waals surface area (Å²) in [5.74, 6) is 0.940. The minimum Gasteiger partial charge on any atom is -0.340 e. The van der Waals surface area contributed by atoms with E-state index >= 15 is 0 Å². The van der Waals surface area contributed by atoms with Crippen molar-refractivity contribution in [1.82, 2.24) is 15.0 Å². The number of rotatable bonds is 3. The third-order valence-corrected chi connectivity index (χ3v) is 4.97.